The van der Waals surface area contributed by atoms with Crippen LogP contribution in [0.25, 0.3) is 0 Å². The zero-order valence-corrected chi connectivity index (χ0v) is 13.4. The number of aryl methyl sites for hydroxylation is 1. The van der Waals surface area contributed by atoms with E-state index in [0.717, 1.165) is 27.6 Å². The molecule has 1 aromatic carbocycles. The van der Waals surface area contributed by atoms with Crippen molar-refractivity contribution >= 4 is 41.1 Å². The van der Waals surface area contributed by atoms with Crippen molar-refractivity contribution in [2.24, 2.45) is 0 Å². The minimum atomic E-state index is 0.0207. The molecule has 0 fully saturated rings. The zero-order chi connectivity index (χ0) is 14.5. The Labute approximate surface area is 132 Å². The van der Waals surface area contributed by atoms with Gasteiger partial charge in [0.25, 0.3) is 0 Å². The molecular weight excluding hydrogens is 312 g/mol. The lowest BCUT2D eigenvalue weighted by Gasteiger charge is -2.05. The molecule has 0 saturated heterocycles. The molecule has 0 atom stereocenters. The van der Waals surface area contributed by atoms with E-state index < -0.39 is 0 Å². The van der Waals surface area contributed by atoms with Crippen LogP contribution in [0.5, 0.6) is 0 Å². The number of hydrogen-bond donors (Lipinski definition) is 2. The third kappa shape index (κ3) is 4.44. The quantitative estimate of drug-likeness (QED) is 0.823. The number of aromatic amines is 1. The summed E-state index contributed by atoms with van der Waals surface area (Å²) in [7, 11) is 0. The number of benzene rings is 1. The van der Waals surface area contributed by atoms with Crippen molar-refractivity contribution < 1.29 is 4.79 Å². The second kappa shape index (κ2) is 7.02. The minimum absolute atomic E-state index is 0.0207. The van der Waals surface area contributed by atoms with Crippen LogP contribution in [-0.4, -0.2) is 17.4 Å². The molecule has 0 spiro atoms. The van der Waals surface area contributed by atoms with Crippen molar-refractivity contribution in [3.8, 4) is 0 Å². The first-order valence-electron chi connectivity index (χ1n) is 6.24. The monoisotopic (exact) mass is 326 g/mol. The van der Waals surface area contributed by atoms with Crippen LogP contribution in [0.3, 0.4) is 0 Å². The van der Waals surface area contributed by atoms with Gasteiger partial charge in [-0.1, -0.05) is 23.7 Å². The molecule has 0 unspecified atom stereocenters. The minimum Gasteiger partial charge on any atom is -0.355 e. The third-order valence-electron chi connectivity index (χ3n) is 2.89. The van der Waals surface area contributed by atoms with E-state index in [1.165, 1.54) is 11.3 Å². The van der Waals surface area contributed by atoms with Crippen molar-refractivity contribution in [1.82, 2.24) is 10.3 Å². The number of H-pyrrole nitrogens is 1. The summed E-state index contributed by atoms with van der Waals surface area (Å²) in [5, 5.41) is 3.64. The van der Waals surface area contributed by atoms with Gasteiger partial charge in [-0.05, 0) is 43.3 Å². The maximum Gasteiger partial charge on any atom is 0.225 e. The van der Waals surface area contributed by atoms with Gasteiger partial charge in [0.2, 0.25) is 5.91 Å². The summed E-state index contributed by atoms with van der Waals surface area (Å²) in [6, 6.07) is 7.65. The van der Waals surface area contributed by atoms with E-state index >= 15 is 0 Å². The van der Waals surface area contributed by atoms with Crippen molar-refractivity contribution in [2.45, 2.75) is 19.8 Å². The Morgan fingerprint density at radius 1 is 1.40 bits per heavy atom. The topological polar surface area (TPSA) is 44.9 Å². The number of aromatic nitrogens is 1. The number of amides is 1. The number of rotatable bonds is 5. The summed E-state index contributed by atoms with van der Waals surface area (Å²) in [6.07, 6.45) is 1.18. The summed E-state index contributed by atoms with van der Waals surface area (Å²) >= 11 is 12.3. The lowest BCUT2D eigenvalue weighted by molar-refractivity contribution is -0.120. The number of hydrogen-bond acceptors (Lipinski definition) is 3. The van der Waals surface area contributed by atoms with Crippen molar-refractivity contribution in [3.05, 3.63) is 49.4 Å². The lowest BCUT2D eigenvalue weighted by atomic mass is 10.1. The Morgan fingerprint density at radius 2 is 2.10 bits per heavy atom. The second-order valence-corrected chi connectivity index (χ2v) is 6.67. The van der Waals surface area contributed by atoms with E-state index in [1.54, 1.807) is 0 Å². The number of carbonyl (C=O) groups is 1. The van der Waals surface area contributed by atoms with Gasteiger partial charge in [0.05, 0.1) is 6.42 Å². The van der Waals surface area contributed by atoms with Gasteiger partial charge in [-0.2, -0.15) is 0 Å². The van der Waals surface area contributed by atoms with Gasteiger partial charge in [-0.15, -0.1) is 11.3 Å². The highest BCUT2D eigenvalue weighted by Gasteiger charge is 2.08. The molecule has 0 aliphatic rings. The second-order valence-electron chi connectivity index (χ2n) is 4.47. The fraction of sp³-hybridized carbons (Fsp3) is 0.286. The van der Waals surface area contributed by atoms with Gasteiger partial charge in [-0.3, -0.25) is 4.79 Å². The normalized spacial score (nSPS) is 10.5. The Morgan fingerprint density at radius 3 is 2.70 bits per heavy atom. The molecule has 3 nitrogen and oxygen atoms in total. The number of nitrogens with one attached hydrogen (secondary N) is 2. The molecule has 2 aromatic rings. The van der Waals surface area contributed by atoms with E-state index in [-0.39, 0.29) is 5.91 Å². The van der Waals surface area contributed by atoms with E-state index in [0.29, 0.717) is 16.9 Å². The number of halogens is 1. The first kappa shape index (κ1) is 15.2. The predicted molar refractivity (Wildman–Crippen MR) is 86.1 cm³/mol. The molecule has 106 valence electrons. The van der Waals surface area contributed by atoms with Gasteiger partial charge in [0.1, 0.15) is 0 Å². The molecule has 0 saturated carbocycles. The molecule has 1 aromatic heterocycles. The Kier molecular flexibility index (Phi) is 5.34. The van der Waals surface area contributed by atoms with Gasteiger partial charge < -0.3 is 10.3 Å². The standard InChI is InChI=1S/C14H15ClN2OS2/c1-9-12(20-14(19)17-9)8-13(18)16-7-6-10-2-4-11(15)5-3-10/h2-5H,6-8H2,1H3,(H,16,18)(H,17,19). The van der Waals surface area contributed by atoms with Gasteiger partial charge in [0, 0.05) is 22.1 Å². The molecule has 2 rings (SSSR count). The molecule has 20 heavy (non-hydrogen) atoms. The van der Waals surface area contributed by atoms with Crippen LogP contribution in [0, 0.1) is 10.9 Å². The maximum absolute atomic E-state index is 11.8. The fourth-order valence-corrected chi connectivity index (χ4v) is 3.23. The number of thiazole rings is 1. The maximum atomic E-state index is 11.8. The Hall–Kier alpha value is -1.17. The molecule has 0 aliphatic heterocycles. The highest BCUT2D eigenvalue weighted by molar-refractivity contribution is 7.73. The van der Waals surface area contributed by atoms with Gasteiger partial charge >= 0.3 is 0 Å². The largest absolute Gasteiger partial charge is 0.355 e. The van der Waals surface area contributed by atoms with Crippen LogP contribution >= 0.6 is 35.2 Å². The average molecular weight is 327 g/mol. The SMILES string of the molecule is Cc1[nH]c(=S)sc1CC(=O)NCCc1ccc(Cl)cc1. The molecule has 1 amide bonds. The van der Waals surface area contributed by atoms with Crippen LogP contribution in [0.4, 0.5) is 0 Å². The molecule has 0 radical (unpaired) electrons. The van der Waals surface area contributed by atoms with Crippen molar-refractivity contribution in [2.75, 3.05) is 6.54 Å². The molecular formula is C14H15ClN2OS2. The lowest BCUT2D eigenvalue weighted by Crippen LogP contribution is -2.27. The van der Waals surface area contributed by atoms with Crippen LogP contribution in [0.1, 0.15) is 16.1 Å². The summed E-state index contributed by atoms with van der Waals surface area (Å²) in [5.74, 6) is 0.0207. The first-order valence-corrected chi connectivity index (χ1v) is 7.84. The van der Waals surface area contributed by atoms with E-state index in [9.17, 15) is 4.79 Å². The molecule has 2 N–H and O–H groups in total. The van der Waals surface area contributed by atoms with Crippen LogP contribution in [0.2, 0.25) is 5.02 Å². The molecule has 1 heterocycles. The van der Waals surface area contributed by atoms with Gasteiger partial charge in [0.15, 0.2) is 3.95 Å². The molecule has 0 aliphatic carbocycles. The third-order valence-corrected chi connectivity index (χ3v) is 4.48. The highest BCUT2D eigenvalue weighted by Crippen LogP contribution is 2.15. The summed E-state index contributed by atoms with van der Waals surface area (Å²) in [5.41, 5.74) is 2.14. The summed E-state index contributed by atoms with van der Waals surface area (Å²) in [6.45, 7) is 2.55. The van der Waals surface area contributed by atoms with Crippen molar-refractivity contribution in [1.29, 1.82) is 0 Å². The van der Waals surface area contributed by atoms with E-state index in [1.807, 2.05) is 31.2 Å². The number of carbonyl (C=O) groups excluding carboxylic acids is 1. The summed E-state index contributed by atoms with van der Waals surface area (Å²) in [4.78, 5) is 15.9. The average Bonchev–Trinajstić information content (AvgIpc) is 2.70. The van der Waals surface area contributed by atoms with Crippen LogP contribution < -0.4 is 5.32 Å². The van der Waals surface area contributed by atoms with Crippen molar-refractivity contribution in [3.63, 3.8) is 0 Å². The van der Waals surface area contributed by atoms with E-state index in [2.05, 4.69) is 10.3 Å². The molecule has 6 heteroatoms. The molecule has 0 bridgehead atoms. The highest BCUT2D eigenvalue weighted by atomic mass is 35.5. The fourth-order valence-electron chi connectivity index (χ4n) is 1.81. The van der Waals surface area contributed by atoms with E-state index in [4.69, 9.17) is 23.8 Å². The Balaban J connectivity index is 1.79. The first-order chi connectivity index (χ1) is 9.54. The van der Waals surface area contributed by atoms with Gasteiger partial charge in [-0.25, -0.2) is 0 Å². The predicted octanol–water partition coefficient (Wildman–Crippen LogP) is 3.67. The van der Waals surface area contributed by atoms with Crippen LogP contribution in [-0.2, 0) is 17.6 Å². The summed E-state index contributed by atoms with van der Waals surface area (Å²) < 4.78 is 0.714. The zero-order valence-electron chi connectivity index (χ0n) is 11.0. The van der Waals surface area contributed by atoms with Crippen LogP contribution in [0.15, 0.2) is 24.3 Å². The smallest absolute Gasteiger partial charge is 0.225 e. The Bertz CT molecular complexity index is 646.